The highest BCUT2D eigenvalue weighted by molar-refractivity contribution is 5.97. The number of nitrogens with one attached hydrogen (secondary N) is 1. The Labute approximate surface area is 189 Å². The van der Waals surface area contributed by atoms with E-state index in [0.29, 0.717) is 37.4 Å². The van der Waals surface area contributed by atoms with Crippen LogP contribution in [0.15, 0.2) is 24.3 Å². The first-order valence-electron chi connectivity index (χ1n) is 10.8. The van der Waals surface area contributed by atoms with Crippen LogP contribution in [0, 0.1) is 5.92 Å². The number of hydrogen-bond donors (Lipinski definition) is 1. The Hall–Kier alpha value is -3.10. The van der Waals surface area contributed by atoms with Gasteiger partial charge in [-0.05, 0) is 64.8 Å². The molecule has 0 aromatic heterocycles. The van der Waals surface area contributed by atoms with Crippen LogP contribution in [0.4, 0.5) is 10.5 Å². The standard InChI is InChI=1S/C23H33N3O6/c1-6-31-21(29)17-8-7-13-26(14-17)19(27)15-25(5)20(28)16-9-11-18(12-10-16)24-22(30)32-23(2,3)4/h9-12,17H,6-8,13-15H2,1-5H3,(H,24,30). The molecule has 0 radical (unpaired) electrons. The number of anilines is 1. The van der Waals surface area contributed by atoms with Crippen molar-refractivity contribution in [3.8, 4) is 0 Å². The molecule has 176 valence electrons. The predicted octanol–water partition coefficient (Wildman–Crippen LogP) is 2.91. The Morgan fingerprint density at radius 1 is 1.16 bits per heavy atom. The maximum absolute atomic E-state index is 12.7. The summed E-state index contributed by atoms with van der Waals surface area (Å²) in [5.74, 6) is -1.13. The second-order valence-electron chi connectivity index (χ2n) is 8.80. The van der Waals surface area contributed by atoms with E-state index in [-0.39, 0.29) is 30.2 Å². The highest BCUT2D eigenvalue weighted by atomic mass is 16.6. The van der Waals surface area contributed by atoms with E-state index >= 15 is 0 Å². The molecule has 1 aliphatic heterocycles. The van der Waals surface area contributed by atoms with Crippen LogP contribution >= 0.6 is 0 Å². The largest absolute Gasteiger partial charge is 0.466 e. The van der Waals surface area contributed by atoms with Crippen molar-refractivity contribution in [3.05, 3.63) is 29.8 Å². The van der Waals surface area contributed by atoms with Crippen molar-refractivity contribution in [1.82, 2.24) is 9.80 Å². The van der Waals surface area contributed by atoms with Crippen molar-refractivity contribution in [2.75, 3.05) is 38.6 Å². The lowest BCUT2D eigenvalue weighted by Crippen LogP contribution is -2.47. The van der Waals surface area contributed by atoms with E-state index in [9.17, 15) is 19.2 Å². The van der Waals surface area contributed by atoms with Gasteiger partial charge < -0.3 is 19.3 Å². The van der Waals surface area contributed by atoms with Gasteiger partial charge in [0.25, 0.3) is 5.91 Å². The second-order valence-corrected chi connectivity index (χ2v) is 8.80. The van der Waals surface area contributed by atoms with Gasteiger partial charge in [-0.3, -0.25) is 19.7 Å². The van der Waals surface area contributed by atoms with Crippen molar-refractivity contribution in [2.45, 2.75) is 46.1 Å². The van der Waals surface area contributed by atoms with Gasteiger partial charge in [0.1, 0.15) is 5.60 Å². The van der Waals surface area contributed by atoms with Crippen molar-refractivity contribution in [1.29, 1.82) is 0 Å². The van der Waals surface area contributed by atoms with Crippen molar-refractivity contribution in [3.63, 3.8) is 0 Å². The molecule has 1 aliphatic rings. The van der Waals surface area contributed by atoms with Gasteiger partial charge in [-0.1, -0.05) is 0 Å². The molecule has 9 nitrogen and oxygen atoms in total. The lowest BCUT2D eigenvalue weighted by atomic mass is 9.98. The normalized spacial score (nSPS) is 16.2. The lowest BCUT2D eigenvalue weighted by Gasteiger charge is -2.32. The number of ether oxygens (including phenoxy) is 2. The molecule has 0 bridgehead atoms. The fraction of sp³-hybridized carbons (Fsp3) is 0.565. The number of benzene rings is 1. The molecule has 1 N–H and O–H groups in total. The molecule has 0 saturated carbocycles. The number of amides is 3. The first-order valence-corrected chi connectivity index (χ1v) is 10.8. The summed E-state index contributed by atoms with van der Waals surface area (Å²) in [4.78, 5) is 52.2. The smallest absolute Gasteiger partial charge is 0.412 e. The molecule has 2 rings (SSSR count). The van der Waals surface area contributed by atoms with E-state index in [4.69, 9.17) is 9.47 Å². The van der Waals surface area contributed by atoms with Gasteiger partial charge in [0, 0.05) is 31.4 Å². The van der Waals surface area contributed by atoms with Crippen molar-refractivity contribution in [2.24, 2.45) is 5.92 Å². The lowest BCUT2D eigenvalue weighted by molar-refractivity contribution is -0.151. The molecule has 1 unspecified atom stereocenters. The van der Waals surface area contributed by atoms with Crippen LogP contribution in [-0.2, 0) is 19.1 Å². The monoisotopic (exact) mass is 447 g/mol. The molecule has 3 amide bonds. The number of hydrogen-bond acceptors (Lipinski definition) is 6. The molecule has 1 heterocycles. The Morgan fingerprint density at radius 3 is 2.41 bits per heavy atom. The van der Waals surface area contributed by atoms with E-state index in [1.54, 1.807) is 63.9 Å². The summed E-state index contributed by atoms with van der Waals surface area (Å²) in [5.41, 5.74) is 0.269. The van der Waals surface area contributed by atoms with Gasteiger partial charge in [-0.25, -0.2) is 4.79 Å². The van der Waals surface area contributed by atoms with Crippen LogP contribution in [0.5, 0.6) is 0 Å². The Balaban J connectivity index is 1.91. The number of nitrogens with zero attached hydrogens (tertiary/aromatic N) is 2. The number of rotatable bonds is 6. The van der Waals surface area contributed by atoms with Crippen LogP contribution in [0.3, 0.4) is 0 Å². The van der Waals surface area contributed by atoms with E-state index in [1.165, 1.54) is 4.90 Å². The van der Waals surface area contributed by atoms with E-state index < -0.39 is 11.7 Å². The summed E-state index contributed by atoms with van der Waals surface area (Å²) in [5, 5.41) is 2.61. The van der Waals surface area contributed by atoms with E-state index in [2.05, 4.69) is 5.32 Å². The molecule has 1 fully saturated rings. The molecular formula is C23H33N3O6. The number of likely N-dealkylation sites (N-methyl/N-ethyl adjacent to an activating group) is 1. The highest BCUT2D eigenvalue weighted by Crippen LogP contribution is 2.19. The second kappa shape index (κ2) is 11.0. The van der Waals surface area contributed by atoms with Gasteiger partial charge in [0.05, 0.1) is 19.1 Å². The molecule has 0 aliphatic carbocycles. The zero-order chi connectivity index (χ0) is 23.9. The summed E-state index contributed by atoms with van der Waals surface area (Å²) in [6.07, 6.45) is 0.835. The molecule has 1 atom stereocenters. The fourth-order valence-corrected chi connectivity index (χ4v) is 3.37. The van der Waals surface area contributed by atoms with Crippen LogP contribution in [-0.4, -0.2) is 72.6 Å². The average molecular weight is 448 g/mol. The Morgan fingerprint density at radius 2 is 1.81 bits per heavy atom. The molecule has 0 spiro atoms. The first-order chi connectivity index (χ1) is 15.0. The summed E-state index contributed by atoms with van der Waals surface area (Å²) in [6.45, 7) is 8.15. The summed E-state index contributed by atoms with van der Waals surface area (Å²) in [6, 6.07) is 6.35. The number of carbonyl (C=O) groups excluding carboxylic acids is 4. The maximum atomic E-state index is 12.7. The fourth-order valence-electron chi connectivity index (χ4n) is 3.37. The molecule has 1 saturated heterocycles. The molecule has 1 aromatic rings. The molecule has 9 heteroatoms. The summed E-state index contributed by atoms with van der Waals surface area (Å²) >= 11 is 0. The summed E-state index contributed by atoms with van der Waals surface area (Å²) < 4.78 is 10.3. The van der Waals surface area contributed by atoms with Crippen LogP contribution in [0.2, 0.25) is 0 Å². The van der Waals surface area contributed by atoms with Crippen LogP contribution < -0.4 is 5.32 Å². The SMILES string of the molecule is CCOC(=O)C1CCCN(C(=O)CN(C)C(=O)c2ccc(NC(=O)OC(C)(C)C)cc2)C1. The van der Waals surface area contributed by atoms with Gasteiger partial charge >= 0.3 is 12.1 Å². The van der Waals surface area contributed by atoms with E-state index in [1.807, 2.05) is 0 Å². The Kier molecular flexibility index (Phi) is 8.63. The third-order valence-electron chi connectivity index (χ3n) is 4.89. The van der Waals surface area contributed by atoms with Crippen molar-refractivity contribution < 1.29 is 28.7 Å². The third-order valence-corrected chi connectivity index (χ3v) is 4.89. The molecule has 1 aromatic carbocycles. The minimum atomic E-state index is -0.611. The van der Waals surface area contributed by atoms with Crippen LogP contribution in [0.25, 0.3) is 0 Å². The minimum absolute atomic E-state index is 0.0910. The quantitative estimate of drug-likeness (QED) is 0.673. The number of likely N-dealkylation sites (tertiary alicyclic amines) is 1. The van der Waals surface area contributed by atoms with E-state index in [0.717, 1.165) is 6.42 Å². The molecule has 32 heavy (non-hydrogen) atoms. The van der Waals surface area contributed by atoms with Gasteiger partial charge in [-0.15, -0.1) is 0 Å². The topological polar surface area (TPSA) is 105 Å². The van der Waals surface area contributed by atoms with Gasteiger partial charge in [0.2, 0.25) is 5.91 Å². The van der Waals surface area contributed by atoms with Crippen molar-refractivity contribution >= 4 is 29.6 Å². The van der Waals surface area contributed by atoms with Gasteiger partial charge in [0.15, 0.2) is 0 Å². The minimum Gasteiger partial charge on any atom is -0.466 e. The van der Waals surface area contributed by atoms with Gasteiger partial charge in [-0.2, -0.15) is 0 Å². The first kappa shape index (κ1) is 25.2. The van der Waals surface area contributed by atoms with Crippen LogP contribution in [0.1, 0.15) is 50.9 Å². The average Bonchev–Trinajstić information content (AvgIpc) is 2.72. The third kappa shape index (κ3) is 7.55. The maximum Gasteiger partial charge on any atom is 0.412 e. The highest BCUT2D eigenvalue weighted by Gasteiger charge is 2.30. The predicted molar refractivity (Wildman–Crippen MR) is 119 cm³/mol. The number of carbonyl (C=O) groups is 4. The number of esters is 1. The molecular weight excluding hydrogens is 414 g/mol. The summed E-state index contributed by atoms with van der Waals surface area (Å²) in [7, 11) is 1.56. The zero-order valence-corrected chi connectivity index (χ0v) is 19.5. The Bertz CT molecular complexity index is 831. The zero-order valence-electron chi connectivity index (χ0n) is 19.5. The number of piperidine rings is 1.